The molecule has 0 spiro atoms. The summed E-state index contributed by atoms with van der Waals surface area (Å²) in [4.78, 5) is 13.2. The van der Waals surface area contributed by atoms with Gasteiger partial charge in [-0.25, -0.2) is 9.36 Å². The molecule has 86 valence electrons. The lowest BCUT2D eigenvalue weighted by Crippen LogP contribution is -2.35. The van der Waals surface area contributed by atoms with E-state index in [0.717, 1.165) is 5.69 Å². The monoisotopic (exact) mass is 221 g/mol. The molecule has 0 aromatic carbocycles. The van der Waals surface area contributed by atoms with Crippen LogP contribution in [0.4, 0.5) is 5.69 Å². The topological polar surface area (TPSA) is 33.4 Å². The summed E-state index contributed by atoms with van der Waals surface area (Å²) in [5.41, 5.74) is 1.55. The van der Waals surface area contributed by atoms with Crippen LogP contribution in [0.5, 0.6) is 0 Å². The molecule has 0 amide bonds. The van der Waals surface area contributed by atoms with Crippen LogP contribution in [0, 0.1) is 0 Å². The van der Waals surface area contributed by atoms with Crippen molar-refractivity contribution in [1.82, 2.24) is 0 Å². The molecular weight excluding hydrogens is 204 g/mol. The molecule has 0 unspecified atom stereocenters. The Kier molecular flexibility index (Phi) is 4.05. The third kappa shape index (κ3) is 3.08. The first-order chi connectivity index (χ1) is 7.54. The van der Waals surface area contributed by atoms with Gasteiger partial charge in [-0.1, -0.05) is 6.58 Å². The Bertz CT molecular complexity index is 383. The van der Waals surface area contributed by atoms with Gasteiger partial charge in [-0.2, -0.15) is 0 Å². The fraction of sp³-hybridized carbons (Fsp3) is 0.333. The summed E-state index contributed by atoms with van der Waals surface area (Å²) in [5, 5.41) is 0. The molecule has 0 fully saturated rings. The number of hydrogen-bond acceptors (Lipinski definition) is 3. The van der Waals surface area contributed by atoms with E-state index in [1.807, 2.05) is 48.1 Å². The maximum atomic E-state index is 11.1. The number of rotatable bonds is 4. The average Bonchev–Trinajstić information content (AvgIpc) is 2.28. The van der Waals surface area contributed by atoms with E-state index in [-0.39, 0.29) is 5.97 Å². The Morgan fingerprint density at radius 2 is 2.00 bits per heavy atom. The summed E-state index contributed by atoms with van der Waals surface area (Å²) in [6.45, 7) is 4.12. The number of nitrogens with zero attached hydrogens (tertiary/aromatic N) is 2. The van der Waals surface area contributed by atoms with Crippen molar-refractivity contribution in [1.29, 1.82) is 0 Å². The van der Waals surface area contributed by atoms with Crippen LogP contribution in [0.25, 0.3) is 0 Å². The third-order valence-electron chi connectivity index (χ3n) is 2.24. The molecule has 0 aliphatic heterocycles. The van der Waals surface area contributed by atoms with Gasteiger partial charge in [0, 0.05) is 31.9 Å². The van der Waals surface area contributed by atoms with Gasteiger partial charge in [-0.15, -0.1) is 0 Å². The minimum Gasteiger partial charge on any atom is -0.465 e. The molecule has 16 heavy (non-hydrogen) atoms. The van der Waals surface area contributed by atoms with Crippen molar-refractivity contribution < 1.29 is 14.1 Å². The molecule has 0 saturated carbocycles. The maximum absolute atomic E-state index is 11.1. The van der Waals surface area contributed by atoms with Crippen LogP contribution < -0.4 is 9.47 Å². The molecule has 0 N–H and O–H groups in total. The van der Waals surface area contributed by atoms with Crippen molar-refractivity contribution in [2.45, 2.75) is 6.54 Å². The molecule has 4 heteroatoms. The summed E-state index contributed by atoms with van der Waals surface area (Å²) in [7, 11) is 5.31. The second-order valence-corrected chi connectivity index (χ2v) is 3.72. The first-order valence-corrected chi connectivity index (χ1v) is 4.97. The number of esters is 1. The van der Waals surface area contributed by atoms with E-state index in [4.69, 9.17) is 0 Å². The lowest BCUT2D eigenvalue weighted by atomic mass is 10.3. The van der Waals surface area contributed by atoms with Crippen molar-refractivity contribution in [3.05, 3.63) is 36.7 Å². The zero-order valence-corrected chi connectivity index (χ0v) is 9.93. The van der Waals surface area contributed by atoms with Crippen LogP contribution in [0.15, 0.2) is 36.7 Å². The molecule has 0 aliphatic carbocycles. The normalized spacial score (nSPS) is 9.69. The number of carbonyl (C=O) groups is 1. The van der Waals surface area contributed by atoms with Crippen molar-refractivity contribution in [2.75, 3.05) is 26.1 Å². The summed E-state index contributed by atoms with van der Waals surface area (Å²) >= 11 is 0. The Hall–Kier alpha value is -1.84. The van der Waals surface area contributed by atoms with Crippen molar-refractivity contribution in [3.63, 3.8) is 0 Å². The lowest BCUT2D eigenvalue weighted by Gasteiger charge is -2.10. The molecule has 1 aromatic rings. The first kappa shape index (κ1) is 12.2. The Balaban J connectivity index is 2.69. The van der Waals surface area contributed by atoms with E-state index < -0.39 is 0 Å². The van der Waals surface area contributed by atoms with Gasteiger partial charge in [-0.05, 0) is 0 Å². The number of pyridine rings is 1. The molecule has 0 atom stereocenters. The Labute approximate surface area is 95.8 Å². The van der Waals surface area contributed by atoms with E-state index in [9.17, 15) is 4.79 Å². The Morgan fingerprint density at radius 3 is 2.44 bits per heavy atom. The van der Waals surface area contributed by atoms with Gasteiger partial charge >= 0.3 is 5.97 Å². The van der Waals surface area contributed by atoms with Gasteiger partial charge in [0.25, 0.3) is 0 Å². The molecule has 4 nitrogen and oxygen atoms in total. The smallest absolute Gasteiger partial charge is 0.339 e. The van der Waals surface area contributed by atoms with E-state index in [1.165, 1.54) is 7.11 Å². The number of carbonyl (C=O) groups excluding carboxylic acids is 1. The molecule has 1 rings (SSSR count). The number of aromatic nitrogens is 1. The van der Waals surface area contributed by atoms with E-state index in [0.29, 0.717) is 12.1 Å². The van der Waals surface area contributed by atoms with Gasteiger partial charge in [0.15, 0.2) is 18.9 Å². The van der Waals surface area contributed by atoms with E-state index in [2.05, 4.69) is 11.3 Å². The molecule has 0 saturated heterocycles. The fourth-order valence-electron chi connectivity index (χ4n) is 1.28. The summed E-state index contributed by atoms with van der Waals surface area (Å²) in [6, 6.07) is 3.95. The molecule has 0 radical (unpaired) electrons. The SMILES string of the molecule is C=C(C[n+]1ccc(N(C)C)cc1)C(=O)OC. The average molecular weight is 221 g/mol. The maximum Gasteiger partial charge on any atom is 0.339 e. The lowest BCUT2D eigenvalue weighted by molar-refractivity contribution is -0.688. The quantitative estimate of drug-likeness (QED) is 0.428. The zero-order chi connectivity index (χ0) is 12.1. The van der Waals surface area contributed by atoms with Gasteiger partial charge in [0.1, 0.15) is 0 Å². The highest BCUT2D eigenvalue weighted by Crippen LogP contribution is 2.06. The van der Waals surface area contributed by atoms with Crippen LogP contribution in [0.1, 0.15) is 0 Å². The second-order valence-electron chi connectivity index (χ2n) is 3.72. The standard InChI is InChI=1S/C12H17N2O2/c1-10(12(15)16-4)9-14-7-5-11(6-8-14)13(2)3/h5-8H,1,9H2,2-4H3/q+1. The van der Waals surface area contributed by atoms with Crippen molar-refractivity contribution in [2.24, 2.45) is 0 Å². The summed E-state index contributed by atoms with van der Waals surface area (Å²) in [5.74, 6) is -0.371. The first-order valence-electron chi connectivity index (χ1n) is 4.97. The highest BCUT2D eigenvalue weighted by atomic mass is 16.5. The number of ether oxygens (including phenoxy) is 1. The zero-order valence-electron chi connectivity index (χ0n) is 9.93. The van der Waals surface area contributed by atoms with E-state index in [1.54, 1.807) is 0 Å². The summed E-state index contributed by atoms with van der Waals surface area (Å²) < 4.78 is 6.47. The Morgan fingerprint density at radius 1 is 1.44 bits per heavy atom. The van der Waals surface area contributed by atoms with Crippen LogP contribution >= 0.6 is 0 Å². The van der Waals surface area contributed by atoms with Gasteiger partial charge < -0.3 is 9.64 Å². The highest BCUT2D eigenvalue weighted by molar-refractivity contribution is 5.87. The predicted molar refractivity (Wildman–Crippen MR) is 62.1 cm³/mol. The molecular formula is C12H17N2O2+. The second kappa shape index (κ2) is 5.30. The highest BCUT2D eigenvalue weighted by Gasteiger charge is 2.12. The minimum absolute atomic E-state index is 0.371. The van der Waals surface area contributed by atoms with Gasteiger partial charge in [0.05, 0.1) is 12.7 Å². The van der Waals surface area contributed by atoms with Crippen LogP contribution in [0.3, 0.4) is 0 Å². The van der Waals surface area contributed by atoms with Crippen LogP contribution in [0.2, 0.25) is 0 Å². The number of anilines is 1. The third-order valence-corrected chi connectivity index (χ3v) is 2.24. The van der Waals surface area contributed by atoms with Crippen LogP contribution in [-0.2, 0) is 16.1 Å². The predicted octanol–water partition coefficient (Wildman–Crippen LogP) is 0.769. The molecule has 0 bridgehead atoms. The van der Waals surface area contributed by atoms with Gasteiger partial charge in [-0.3, -0.25) is 0 Å². The van der Waals surface area contributed by atoms with Crippen molar-refractivity contribution >= 4 is 11.7 Å². The summed E-state index contributed by atoms with van der Waals surface area (Å²) in [6.07, 6.45) is 3.81. The minimum atomic E-state index is -0.371. The van der Waals surface area contributed by atoms with E-state index >= 15 is 0 Å². The number of hydrogen-bond donors (Lipinski definition) is 0. The largest absolute Gasteiger partial charge is 0.465 e. The molecule has 0 aliphatic rings. The van der Waals surface area contributed by atoms with Crippen molar-refractivity contribution in [3.8, 4) is 0 Å². The number of methoxy groups -OCH3 is 1. The molecule has 1 aromatic heterocycles. The van der Waals surface area contributed by atoms with Crippen LogP contribution in [-0.4, -0.2) is 27.2 Å². The van der Waals surface area contributed by atoms with Gasteiger partial charge in [0.2, 0.25) is 0 Å². The molecule has 1 heterocycles. The fourth-order valence-corrected chi connectivity index (χ4v) is 1.28.